The molecule has 4 nitrogen and oxygen atoms in total. The monoisotopic (exact) mass is 423 g/mol. The fourth-order valence-electron chi connectivity index (χ4n) is 4.74. The van der Waals surface area contributed by atoms with Gasteiger partial charge in [-0.05, 0) is 42.5 Å². The van der Waals surface area contributed by atoms with Gasteiger partial charge in [0.1, 0.15) is 0 Å². The molecule has 3 aromatic rings. The number of nitrogens with zero attached hydrogens (tertiary/aromatic N) is 3. The van der Waals surface area contributed by atoms with E-state index in [1.807, 2.05) is 0 Å². The van der Waals surface area contributed by atoms with E-state index in [2.05, 4.69) is 91.5 Å². The van der Waals surface area contributed by atoms with Crippen LogP contribution in [0.3, 0.4) is 0 Å². The molecule has 1 atom stereocenters. The Morgan fingerprint density at radius 1 is 0.938 bits per heavy atom. The van der Waals surface area contributed by atoms with Crippen LogP contribution in [0, 0.1) is 13.8 Å². The van der Waals surface area contributed by atoms with Crippen molar-refractivity contribution < 1.29 is 4.79 Å². The quantitative estimate of drug-likeness (QED) is 0.589. The lowest BCUT2D eigenvalue weighted by atomic mass is 9.97. The summed E-state index contributed by atoms with van der Waals surface area (Å²) < 4.78 is 0. The van der Waals surface area contributed by atoms with Crippen LogP contribution < -0.4 is 0 Å². The van der Waals surface area contributed by atoms with Crippen LogP contribution >= 0.6 is 0 Å². The second-order valence-electron chi connectivity index (χ2n) is 9.01. The average Bonchev–Trinajstić information content (AvgIpc) is 3.25. The van der Waals surface area contributed by atoms with Gasteiger partial charge in [-0.15, -0.1) is 0 Å². The second-order valence-corrected chi connectivity index (χ2v) is 9.01. The normalized spacial score (nSPS) is 18.4. The van der Waals surface area contributed by atoms with Crippen molar-refractivity contribution in [2.75, 3.05) is 13.1 Å². The molecule has 2 aliphatic heterocycles. The highest BCUT2D eigenvalue weighted by atomic mass is 16.2. The van der Waals surface area contributed by atoms with E-state index in [9.17, 15) is 4.79 Å². The second kappa shape index (κ2) is 8.71. The molecule has 0 radical (unpaired) electrons. The van der Waals surface area contributed by atoms with Crippen LogP contribution in [0.1, 0.15) is 45.8 Å². The Morgan fingerprint density at radius 2 is 1.72 bits per heavy atom. The number of rotatable bonds is 4. The Kier molecular flexibility index (Phi) is 5.62. The lowest BCUT2D eigenvalue weighted by molar-refractivity contribution is -0.134. The molecular formula is C28H29N3O. The van der Waals surface area contributed by atoms with Gasteiger partial charge in [-0.2, -0.15) is 5.10 Å². The van der Waals surface area contributed by atoms with Crippen LogP contribution in [-0.4, -0.2) is 34.6 Å². The van der Waals surface area contributed by atoms with Gasteiger partial charge in [0.2, 0.25) is 0 Å². The van der Waals surface area contributed by atoms with Gasteiger partial charge >= 0.3 is 0 Å². The van der Waals surface area contributed by atoms with E-state index >= 15 is 0 Å². The van der Waals surface area contributed by atoms with Crippen molar-refractivity contribution in [3.05, 3.63) is 106 Å². The van der Waals surface area contributed by atoms with E-state index in [4.69, 9.17) is 5.10 Å². The van der Waals surface area contributed by atoms with Gasteiger partial charge in [-0.3, -0.25) is 9.69 Å². The van der Waals surface area contributed by atoms with Crippen LogP contribution in [0.5, 0.6) is 0 Å². The Hall–Kier alpha value is -3.24. The molecule has 0 aromatic heterocycles. The first kappa shape index (κ1) is 20.7. The van der Waals surface area contributed by atoms with E-state index in [0.29, 0.717) is 6.54 Å². The van der Waals surface area contributed by atoms with Gasteiger partial charge < -0.3 is 0 Å². The van der Waals surface area contributed by atoms with Crippen molar-refractivity contribution in [1.82, 2.24) is 9.91 Å². The number of carbonyl (C=O) groups is 1. The number of aryl methyl sites for hydroxylation is 2. The number of carbonyl (C=O) groups excluding carboxylic acids is 1. The SMILES string of the molecule is Cc1ccc([C@@H]2CC(c3cccc(C)c3)=NN2C(=O)CN2CCc3ccccc3C2)cc1. The Balaban J connectivity index is 1.40. The van der Waals surface area contributed by atoms with Gasteiger partial charge in [0, 0.05) is 19.5 Å². The lowest BCUT2D eigenvalue weighted by Gasteiger charge is -2.30. The maximum absolute atomic E-state index is 13.5. The van der Waals surface area contributed by atoms with Crippen molar-refractivity contribution in [1.29, 1.82) is 0 Å². The van der Waals surface area contributed by atoms with Crippen molar-refractivity contribution in [2.45, 2.75) is 39.3 Å². The molecule has 32 heavy (non-hydrogen) atoms. The largest absolute Gasteiger partial charge is 0.290 e. The van der Waals surface area contributed by atoms with Crippen molar-refractivity contribution in [3.8, 4) is 0 Å². The fourth-order valence-corrected chi connectivity index (χ4v) is 4.74. The molecule has 4 heteroatoms. The van der Waals surface area contributed by atoms with Crippen LogP contribution in [0.25, 0.3) is 0 Å². The van der Waals surface area contributed by atoms with Crippen molar-refractivity contribution in [3.63, 3.8) is 0 Å². The molecule has 0 N–H and O–H groups in total. The molecule has 5 rings (SSSR count). The molecule has 2 heterocycles. The summed E-state index contributed by atoms with van der Waals surface area (Å²) in [5.74, 6) is 0.0672. The van der Waals surface area contributed by atoms with Gasteiger partial charge in [0.15, 0.2) is 0 Å². The standard InChI is InChI=1S/C28H29N3O/c1-20-10-12-23(13-11-20)27-17-26(24-9-5-6-21(2)16-24)29-31(27)28(32)19-30-15-14-22-7-3-4-8-25(22)18-30/h3-13,16,27H,14-15,17-19H2,1-2H3/t27-/m0/s1. The molecule has 0 unspecified atom stereocenters. The van der Waals surface area contributed by atoms with E-state index in [-0.39, 0.29) is 11.9 Å². The van der Waals surface area contributed by atoms with Crippen LogP contribution in [-0.2, 0) is 17.8 Å². The van der Waals surface area contributed by atoms with Gasteiger partial charge in [0.05, 0.1) is 18.3 Å². The maximum Gasteiger partial charge on any atom is 0.257 e. The molecule has 3 aromatic carbocycles. The summed E-state index contributed by atoms with van der Waals surface area (Å²) >= 11 is 0. The summed E-state index contributed by atoms with van der Waals surface area (Å²) in [6.45, 7) is 6.29. The summed E-state index contributed by atoms with van der Waals surface area (Å²) in [6, 6.07) is 25.4. The number of amides is 1. The van der Waals surface area contributed by atoms with Crippen molar-refractivity contribution in [2.24, 2.45) is 5.10 Å². The predicted molar refractivity (Wildman–Crippen MR) is 129 cm³/mol. The molecule has 0 saturated carbocycles. The topological polar surface area (TPSA) is 35.9 Å². The van der Waals surface area contributed by atoms with E-state index in [1.54, 1.807) is 5.01 Å². The third-order valence-electron chi connectivity index (χ3n) is 6.55. The molecule has 0 saturated heterocycles. The molecule has 0 fully saturated rings. The third kappa shape index (κ3) is 4.23. The van der Waals surface area contributed by atoms with Crippen LogP contribution in [0.15, 0.2) is 77.9 Å². The molecule has 0 spiro atoms. The third-order valence-corrected chi connectivity index (χ3v) is 6.55. The number of fused-ring (bicyclic) bond motifs is 1. The van der Waals surface area contributed by atoms with Crippen LogP contribution in [0.4, 0.5) is 0 Å². The van der Waals surface area contributed by atoms with E-state index in [1.165, 1.54) is 22.3 Å². The average molecular weight is 424 g/mol. The predicted octanol–water partition coefficient (Wildman–Crippen LogP) is 5.04. The molecule has 0 aliphatic carbocycles. The first-order valence-electron chi connectivity index (χ1n) is 11.4. The highest BCUT2D eigenvalue weighted by molar-refractivity contribution is 6.03. The number of hydrogen-bond donors (Lipinski definition) is 0. The smallest absolute Gasteiger partial charge is 0.257 e. The van der Waals surface area contributed by atoms with Gasteiger partial charge in [-0.25, -0.2) is 5.01 Å². The van der Waals surface area contributed by atoms with Gasteiger partial charge in [0.25, 0.3) is 5.91 Å². The first-order valence-corrected chi connectivity index (χ1v) is 11.4. The molecule has 2 aliphatic rings. The molecule has 1 amide bonds. The summed E-state index contributed by atoms with van der Waals surface area (Å²) in [5, 5.41) is 6.60. The summed E-state index contributed by atoms with van der Waals surface area (Å²) in [6.07, 6.45) is 1.73. The first-order chi connectivity index (χ1) is 15.6. The summed E-state index contributed by atoms with van der Waals surface area (Å²) in [7, 11) is 0. The Bertz CT molecular complexity index is 1170. The zero-order chi connectivity index (χ0) is 22.1. The Labute approximate surface area is 190 Å². The highest BCUT2D eigenvalue weighted by Gasteiger charge is 2.34. The minimum absolute atomic E-state index is 0.0595. The minimum atomic E-state index is -0.0595. The highest BCUT2D eigenvalue weighted by Crippen LogP contribution is 2.33. The zero-order valence-electron chi connectivity index (χ0n) is 18.8. The minimum Gasteiger partial charge on any atom is -0.290 e. The van der Waals surface area contributed by atoms with Crippen molar-refractivity contribution >= 4 is 11.6 Å². The van der Waals surface area contributed by atoms with Crippen LogP contribution in [0.2, 0.25) is 0 Å². The van der Waals surface area contributed by atoms with E-state index < -0.39 is 0 Å². The molecule has 162 valence electrons. The van der Waals surface area contributed by atoms with Gasteiger partial charge in [-0.1, -0.05) is 83.9 Å². The van der Waals surface area contributed by atoms with E-state index in [0.717, 1.165) is 42.8 Å². The number of benzene rings is 3. The Morgan fingerprint density at radius 3 is 2.50 bits per heavy atom. The number of hydrogen-bond acceptors (Lipinski definition) is 3. The molecule has 0 bridgehead atoms. The zero-order valence-corrected chi connectivity index (χ0v) is 18.8. The molecular weight excluding hydrogens is 394 g/mol. The lowest BCUT2D eigenvalue weighted by Crippen LogP contribution is -2.40. The maximum atomic E-state index is 13.5. The fraction of sp³-hybridized carbons (Fsp3) is 0.286. The summed E-state index contributed by atoms with van der Waals surface area (Å²) in [5.41, 5.74) is 8.37. The summed E-state index contributed by atoms with van der Waals surface area (Å²) in [4.78, 5) is 15.7. The number of hydrazone groups is 1.